The number of H-pyrrole nitrogens is 1. The van der Waals surface area contributed by atoms with E-state index in [1.54, 1.807) is 0 Å². The summed E-state index contributed by atoms with van der Waals surface area (Å²) in [7, 11) is 0. The van der Waals surface area contributed by atoms with E-state index in [4.69, 9.17) is 9.97 Å². The average Bonchev–Trinajstić information content (AvgIpc) is 3.09. The third-order valence-electron chi connectivity index (χ3n) is 5.44. The Hall–Kier alpha value is -2.89. The van der Waals surface area contributed by atoms with Crippen molar-refractivity contribution >= 4 is 22.8 Å². The van der Waals surface area contributed by atoms with Crippen LogP contribution in [0.2, 0.25) is 0 Å². The third kappa shape index (κ3) is 2.36. The summed E-state index contributed by atoms with van der Waals surface area (Å²) < 4.78 is 0. The van der Waals surface area contributed by atoms with E-state index < -0.39 is 0 Å². The fourth-order valence-corrected chi connectivity index (χ4v) is 4.06. The molecule has 4 heterocycles. The lowest BCUT2D eigenvalue weighted by Gasteiger charge is -2.23. The lowest BCUT2D eigenvalue weighted by molar-refractivity contribution is 0.0939. The first kappa shape index (κ1) is 15.4. The summed E-state index contributed by atoms with van der Waals surface area (Å²) in [4.78, 5) is 25.5. The molecule has 0 aliphatic carbocycles. The second-order valence-electron chi connectivity index (χ2n) is 7.17. The van der Waals surface area contributed by atoms with Gasteiger partial charge < -0.3 is 15.6 Å². The Morgan fingerprint density at radius 2 is 2.04 bits per heavy atom. The summed E-state index contributed by atoms with van der Waals surface area (Å²) in [5, 5.41) is 6.48. The lowest BCUT2D eigenvalue weighted by Crippen LogP contribution is -2.34. The van der Waals surface area contributed by atoms with Crippen LogP contribution in [0.4, 0.5) is 5.82 Å². The van der Waals surface area contributed by atoms with Gasteiger partial charge in [-0.1, -0.05) is 18.6 Å². The Balaban J connectivity index is 1.77. The van der Waals surface area contributed by atoms with Gasteiger partial charge in [0.2, 0.25) is 0 Å². The second kappa shape index (κ2) is 5.83. The number of carbonyl (C=O) groups excluding carboxylic acids is 1. The number of aromatic amines is 1. The number of rotatable bonds is 0. The standard InChI is InChI=1S/C20H21N5O/c1-11-19-21-8-3-2-5-12-10-22-20(26)14-9-16(24-17(12)14)13-6-4-7-15(23-11)18(13)25-19/h4,6-7,9,12,24H,2-3,5,8,10H2,1H3,(H,21,25)(H,22,26)/t12-/m0/s1. The molecule has 3 N–H and O–H groups in total. The molecule has 1 amide bonds. The van der Waals surface area contributed by atoms with Crippen LogP contribution in [0, 0.1) is 6.92 Å². The molecule has 132 valence electrons. The number of fused-ring (bicyclic) bond motifs is 3. The average molecular weight is 347 g/mol. The Labute approximate surface area is 151 Å². The minimum atomic E-state index is 0.00960. The molecular weight excluding hydrogens is 326 g/mol. The monoisotopic (exact) mass is 347 g/mol. The van der Waals surface area contributed by atoms with Gasteiger partial charge in [-0.05, 0) is 31.9 Å². The van der Waals surface area contributed by atoms with Gasteiger partial charge in [-0.2, -0.15) is 0 Å². The van der Waals surface area contributed by atoms with Crippen molar-refractivity contribution < 1.29 is 4.79 Å². The van der Waals surface area contributed by atoms with Gasteiger partial charge >= 0.3 is 0 Å². The molecule has 2 aromatic heterocycles. The molecule has 0 radical (unpaired) electrons. The quantitative estimate of drug-likeness (QED) is 0.582. The molecule has 2 aliphatic rings. The molecule has 2 aliphatic heterocycles. The van der Waals surface area contributed by atoms with Crippen LogP contribution in [0.5, 0.6) is 0 Å². The molecule has 0 unspecified atom stereocenters. The van der Waals surface area contributed by atoms with E-state index in [1.807, 2.05) is 31.2 Å². The van der Waals surface area contributed by atoms with E-state index in [1.165, 1.54) is 0 Å². The predicted octanol–water partition coefficient (Wildman–Crippen LogP) is 3.36. The van der Waals surface area contributed by atoms with Crippen LogP contribution in [-0.4, -0.2) is 33.9 Å². The van der Waals surface area contributed by atoms with Crippen molar-refractivity contribution in [3.05, 3.63) is 41.2 Å². The van der Waals surface area contributed by atoms with Crippen molar-refractivity contribution in [2.75, 3.05) is 18.4 Å². The number of nitrogens with one attached hydrogen (secondary N) is 3. The van der Waals surface area contributed by atoms with E-state index in [0.29, 0.717) is 12.5 Å². The number of hydrogen-bond acceptors (Lipinski definition) is 4. The summed E-state index contributed by atoms with van der Waals surface area (Å²) in [6.45, 7) is 3.57. The van der Waals surface area contributed by atoms with Crippen LogP contribution in [0.3, 0.4) is 0 Å². The minimum Gasteiger partial charge on any atom is -0.369 e. The third-order valence-corrected chi connectivity index (χ3v) is 5.44. The van der Waals surface area contributed by atoms with Gasteiger partial charge in [-0.25, -0.2) is 9.97 Å². The van der Waals surface area contributed by atoms with Gasteiger partial charge in [0.25, 0.3) is 5.91 Å². The Morgan fingerprint density at radius 3 is 2.96 bits per heavy atom. The predicted molar refractivity (Wildman–Crippen MR) is 101 cm³/mol. The van der Waals surface area contributed by atoms with E-state index in [0.717, 1.165) is 70.9 Å². The first-order valence-electron chi connectivity index (χ1n) is 9.23. The summed E-state index contributed by atoms with van der Waals surface area (Å²) in [5.41, 5.74) is 6.39. The Bertz CT molecular complexity index is 1020. The fraction of sp³-hybridized carbons (Fsp3) is 0.350. The molecule has 0 fully saturated rings. The first-order chi connectivity index (χ1) is 12.7. The molecule has 26 heavy (non-hydrogen) atoms. The fourth-order valence-electron chi connectivity index (χ4n) is 4.06. The van der Waals surface area contributed by atoms with Crippen molar-refractivity contribution in [1.29, 1.82) is 0 Å². The lowest BCUT2D eigenvalue weighted by atomic mass is 9.92. The van der Waals surface area contributed by atoms with Gasteiger partial charge in [-0.15, -0.1) is 0 Å². The number of amides is 1. The zero-order valence-electron chi connectivity index (χ0n) is 14.7. The SMILES string of the molecule is Cc1nc2cccc3c2nc1NCCCC[C@H]1CNC(=O)c2cc-3[nH]c21. The molecule has 6 heteroatoms. The van der Waals surface area contributed by atoms with Crippen LogP contribution in [0.15, 0.2) is 24.3 Å². The maximum atomic E-state index is 12.4. The van der Waals surface area contributed by atoms with E-state index in [2.05, 4.69) is 15.6 Å². The van der Waals surface area contributed by atoms with Crippen molar-refractivity contribution in [3.8, 4) is 11.3 Å². The van der Waals surface area contributed by atoms with Gasteiger partial charge in [-0.3, -0.25) is 4.79 Å². The van der Waals surface area contributed by atoms with Gasteiger partial charge in [0.15, 0.2) is 0 Å². The zero-order valence-corrected chi connectivity index (χ0v) is 14.7. The first-order valence-corrected chi connectivity index (χ1v) is 9.23. The van der Waals surface area contributed by atoms with Crippen LogP contribution in [0.25, 0.3) is 22.3 Å². The molecule has 0 saturated carbocycles. The maximum Gasteiger partial charge on any atom is 0.253 e. The summed E-state index contributed by atoms with van der Waals surface area (Å²) in [5.74, 6) is 1.19. The van der Waals surface area contributed by atoms with Crippen molar-refractivity contribution in [2.24, 2.45) is 0 Å². The largest absolute Gasteiger partial charge is 0.369 e. The molecule has 1 aromatic carbocycles. The number of aryl methyl sites for hydroxylation is 1. The van der Waals surface area contributed by atoms with Gasteiger partial charge in [0.05, 0.1) is 16.8 Å². The topological polar surface area (TPSA) is 82.7 Å². The number of anilines is 1. The number of benzene rings is 1. The van der Waals surface area contributed by atoms with E-state index >= 15 is 0 Å². The van der Waals surface area contributed by atoms with Gasteiger partial charge in [0, 0.05) is 36.0 Å². The van der Waals surface area contributed by atoms with Crippen molar-refractivity contribution in [3.63, 3.8) is 0 Å². The van der Waals surface area contributed by atoms with E-state index in [9.17, 15) is 4.79 Å². The Kier molecular flexibility index (Phi) is 3.45. The molecule has 3 aromatic rings. The van der Waals surface area contributed by atoms with Crippen LogP contribution < -0.4 is 10.6 Å². The molecule has 0 saturated heterocycles. The summed E-state index contributed by atoms with van der Waals surface area (Å²) in [6, 6.07) is 7.99. The highest BCUT2D eigenvalue weighted by Gasteiger charge is 2.28. The summed E-state index contributed by atoms with van der Waals surface area (Å²) in [6.07, 6.45) is 3.22. The number of nitrogens with zero attached hydrogens (tertiary/aromatic N) is 2. The minimum absolute atomic E-state index is 0.00960. The van der Waals surface area contributed by atoms with Crippen molar-refractivity contribution in [1.82, 2.24) is 20.3 Å². The number of hydrogen-bond donors (Lipinski definition) is 3. The highest BCUT2D eigenvalue weighted by atomic mass is 16.1. The highest BCUT2D eigenvalue weighted by Crippen LogP contribution is 2.34. The van der Waals surface area contributed by atoms with Crippen LogP contribution in [0.1, 0.15) is 46.9 Å². The number of para-hydroxylation sites is 1. The highest BCUT2D eigenvalue weighted by molar-refractivity contribution is 6.00. The molecule has 1 atom stereocenters. The maximum absolute atomic E-state index is 12.4. The van der Waals surface area contributed by atoms with E-state index in [-0.39, 0.29) is 5.91 Å². The Morgan fingerprint density at radius 1 is 1.12 bits per heavy atom. The molecule has 5 rings (SSSR count). The second-order valence-corrected chi connectivity index (χ2v) is 7.17. The molecular formula is C20H21N5O. The van der Waals surface area contributed by atoms with Crippen molar-refractivity contribution in [2.45, 2.75) is 32.1 Å². The molecule has 4 bridgehead atoms. The summed E-state index contributed by atoms with van der Waals surface area (Å²) >= 11 is 0. The van der Waals surface area contributed by atoms with Gasteiger partial charge in [0.1, 0.15) is 11.3 Å². The molecule has 0 spiro atoms. The normalized spacial score (nSPS) is 19.3. The number of aromatic nitrogens is 3. The van der Waals surface area contributed by atoms with Crippen LogP contribution in [-0.2, 0) is 0 Å². The molecule has 6 nitrogen and oxygen atoms in total. The van der Waals surface area contributed by atoms with Crippen LogP contribution >= 0.6 is 0 Å². The zero-order chi connectivity index (χ0) is 17.7. The number of carbonyl (C=O) groups is 1. The smallest absolute Gasteiger partial charge is 0.253 e.